The van der Waals surface area contributed by atoms with Gasteiger partial charge >= 0.3 is 12.1 Å². The van der Waals surface area contributed by atoms with Crippen molar-refractivity contribution in [2.75, 3.05) is 20.1 Å². The number of aryl methyl sites for hydroxylation is 1. The van der Waals surface area contributed by atoms with Crippen LogP contribution in [0.4, 0.5) is 4.79 Å². The Balaban J connectivity index is 1.96. The van der Waals surface area contributed by atoms with Crippen LogP contribution in [0.5, 0.6) is 0 Å². The zero-order valence-electron chi connectivity index (χ0n) is 19.0. The van der Waals surface area contributed by atoms with Gasteiger partial charge in [-0.15, -0.1) is 0 Å². The van der Waals surface area contributed by atoms with Crippen molar-refractivity contribution in [2.24, 2.45) is 0 Å². The number of nitrogens with zero attached hydrogens (tertiary/aromatic N) is 3. The lowest BCUT2D eigenvalue weighted by Gasteiger charge is -2.26. The molecule has 2 aromatic rings. The van der Waals surface area contributed by atoms with Crippen LogP contribution in [0, 0.1) is 6.92 Å². The van der Waals surface area contributed by atoms with Crippen LogP contribution in [-0.4, -0.2) is 63.6 Å². The monoisotopic (exact) mass is 493 g/mol. The Labute approximate surface area is 202 Å². The van der Waals surface area contributed by atoms with Gasteiger partial charge in [0.1, 0.15) is 5.60 Å². The first kappa shape index (κ1) is 24.8. The van der Waals surface area contributed by atoms with E-state index in [2.05, 4.69) is 4.98 Å². The number of aromatic carboxylic acids is 1. The number of halogens is 2. The lowest BCUT2D eigenvalue weighted by atomic mass is 9.93. The topological polar surface area (TPSA) is 100 Å². The number of carboxylic acid groups (broad SMARTS) is 1. The van der Waals surface area contributed by atoms with Crippen LogP contribution in [0.3, 0.4) is 0 Å². The number of pyridine rings is 1. The Hall–Kier alpha value is -2.84. The summed E-state index contributed by atoms with van der Waals surface area (Å²) in [5.74, 6) is -1.58. The van der Waals surface area contributed by atoms with Crippen molar-refractivity contribution in [3.8, 4) is 11.1 Å². The van der Waals surface area contributed by atoms with E-state index in [1.807, 2.05) is 0 Å². The summed E-state index contributed by atoms with van der Waals surface area (Å²) in [4.78, 5) is 45.0. The third-order valence-corrected chi connectivity index (χ3v) is 5.67. The summed E-state index contributed by atoms with van der Waals surface area (Å²) < 4.78 is 5.34. The van der Waals surface area contributed by atoms with Gasteiger partial charge in [0, 0.05) is 41.3 Å². The molecule has 0 fully saturated rings. The van der Waals surface area contributed by atoms with E-state index in [4.69, 9.17) is 27.9 Å². The van der Waals surface area contributed by atoms with E-state index in [0.717, 1.165) is 0 Å². The van der Waals surface area contributed by atoms with E-state index in [9.17, 15) is 19.5 Å². The molecule has 0 spiro atoms. The first-order valence-electron chi connectivity index (χ1n) is 10.3. The number of hydrogen-bond donors (Lipinski definition) is 1. The highest BCUT2D eigenvalue weighted by atomic mass is 35.5. The molecule has 0 aliphatic carbocycles. The Morgan fingerprint density at radius 1 is 1.24 bits per heavy atom. The molecule has 2 amide bonds. The summed E-state index contributed by atoms with van der Waals surface area (Å²) in [6, 6.07) is 4.68. The molecule has 8 nitrogen and oxygen atoms in total. The molecule has 2 heterocycles. The highest BCUT2D eigenvalue weighted by Gasteiger charge is 2.36. The van der Waals surface area contributed by atoms with Gasteiger partial charge in [-0.2, -0.15) is 0 Å². The Kier molecular flexibility index (Phi) is 6.91. The minimum absolute atomic E-state index is 0.0842. The van der Waals surface area contributed by atoms with Crippen molar-refractivity contribution in [1.82, 2.24) is 14.8 Å². The molecule has 0 saturated heterocycles. The van der Waals surface area contributed by atoms with E-state index < -0.39 is 17.7 Å². The molecule has 0 radical (unpaired) electrons. The van der Waals surface area contributed by atoms with Gasteiger partial charge in [0.05, 0.1) is 29.1 Å². The van der Waals surface area contributed by atoms with Crippen LogP contribution in [-0.2, 0) is 11.3 Å². The first-order chi connectivity index (χ1) is 15.3. The van der Waals surface area contributed by atoms with Gasteiger partial charge < -0.3 is 19.6 Å². The van der Waals surface area contributed by atoms with Crippen LogP contribution in [0.2, 0.25) is 10.0 Å². The normalized spacial score (nSPS) is 13.2. The van der Waals surface area contributed by atoms with Crippen LogP contribution in [0.1, 0.15) is 52.9 Å². The predicted molar refractivity (Wildman–Crippen MR) is 125 cm³/mol. The van der Waals surface area contributed by atoms with Crippen molar-refractivity contribution in [1.29, 1.82) is 0 Å². The molecule has 0 bridgehead atoms. The summed E-state index contributed by atoms with van der Waals surface area (Å²) >= 11 is 12.4. The smallest absolute Gasteiger partial charge is 0.410 e. The molecular weight excluding hydrogens is 469 g/mol. The fraction of sp³-hybridized carbons (Fsp3) is 0.391. The molecule has 3 rings (SSSR count). The lowest BCUT2D eigenvalue weighted by molar-refractivity contribution is 0.0279. The fourth-order valence-corrected chi connectivity index (χ4v) is 4.13. The first-order valence-corrected chi connectivity index (χ1v) is 11.0. The number of likely N-dealkylation sites (N-methyl/N-ethyl adjacent to an activating group) is 1. The van der Waals surface area contributed by atoms with Crippen LogP contribution >= 0.6 is 23.2 Å². The SMILES string of the molecule is Cc1nc2c(c(-c3ccc(Cl)cc3Cl)c1C(=O)O)C(=O)N(CCN(C)C(=O)OC(C)(C)C)C2. The predicted octanol–water partition coefficient (Wildman–Crippen LogP) is 4.88. The molecule has 1 aromatic heterocycles. The largest absolute Gasteiger partial charge is 0.478 e. The van der Waals surface area contributed by atoms with Crippen molar-refractivity contribution < 1.29 is 24.2 Å². The number of carbonyl (C=O) groups excluding carboxylic acids is 2. The maximum atomic E-state index is 13.4. The van der Waals surface area contributed by atoms with Gasteiger partial charge in [0.15, 0.2) is 0 Å². The highest BCUT2D eigenvalue weighted by molar-refractivity contribution is 6.37. The van der Waals surface area contributed by atoms with Crippen LogP contribution in [0.15, 0.2) is 18.2 Å². The maximum absolute atomic E-state index is 13.4. The number of fused-ring (bicyclic) bond motifs is 1. The average molecular weight is 494 g/mol. The minimum Gasteiger partial charge on any atom is -0.478 e. The fourth-order valence-electron chi connectivity index (χ4n) is 3.63. The van der Waals surface area contributed by atoms with E-state index in [1.54, 1.807) is 46.9 Å². The molecule has 1 aliphatic heterocycles. The standard InChI is InChI=1S/C23H25Cl2N3O5/c1-12-17(21(30)31)18(14-7-6-13(24)10-15(14)25)19-16(26-12)11-28(20(19)29)9-8-27(5)22(32)33-23(2,3)4/h6-7,10H,8-9,11H2,1-5H3,(H,30,31). The number of rotatable bonds is 5. The Bertz CT molecular complexity index is 1140. The molecule has 176 valence electrons. The summed E-state index contributed by atoms with van der Waals surface area (Å²) in [5.41, 5.74) is 0.834. The molecule has 0 atom stereocenters. The zero-order valence-corrected chi connectivity index (χ0v) is 20.5. The molecule has 10 heteroatoms. The van der Waals surface area contributed by atoms with Crippen molar-refractivity contribution >= 4 is 41.2 Å². The van der Waals surface area contributed by atoms with Crippen molar-refractivity contribution in [2.45, 2.75) is 39.8 Å². The number of hydrogen-bond acceptors (Lipinski definition) is 5. The summed E-state index contributed by atoms with van der Waals surface area (Å²) in [6.45, 7) is 7.55. The Morgan fingerprint density at radius 2 is 1.91 bits per heavy atom. The van der Waals surface area contributed by atoms with E-state index >= 15 is 0 Å². The van der Waals surface area contributed by atoms with Crippen molar-refractivity contribution in [3.63, 3.8) is 0 Å². The number of carboxylic acids is 1. The second kappa shape index (κ2) is 9.19. The molecule has 1 aliphatic rings. The number of ether oxygens (including phenoxy) is 1. The van der Waals surface area contributed by atoms with Gasteiger partial charge in [-0.05, 0) is 39.8 Å². The zero-order chi connectivity index (χ0) is 24.7. The molecule has 0 unspecified atom stereocenters. The maximum Gasteiger partial charge on any atom is 0.410 e. The van der Waals surface area contributed by atoms with E-state index in [0.29, 0.717) is 16.3 Å². The van der Waals surface area contributed by atoms with Gasteiger partial charge in [-0.25, -0.2) is 9.59 Å². The average Bonchev–Trinajstić information content (AvgIpc) is 2.98. The third-order valence-electron chi connectivity index (χ3n) is 5.12. The van der Waals surface area contributed by atoms with E-state index in [1.165, 1.54) is 15.9 Å². The van der Waals surface area contributed by atoms with Crippen LogP contribution < -0.4 is 0 Å². The van der Waals surface area contributed by atoms with Crippen molar-refractivity contribution in [3.05, 3.63) is 50.8 Å². The second-order valence-corrected chi connectivity index (χ2v) is 9.67. The van der Waals surface area contributed by atoms with E-state index in [-0.39, 0.29) is 52.9 Å². The third kappa shape index (κ3) is 5.23. The summed E-state index contributed by atoms with van der Waals surface area (Å²) in [7, 11) is 1.59. The molecule has 33 heavy (non-hydrogen) atoms. The number of benzene rings is 1. The van der Waals surface area contributed by atoms with Crippen LogP contribution in [0.25, 0.3) is 11.1 Å². The lowest BCUT2D eigenvalue weighted by Crippen LogP contribution is -2.39. The number of aromatic nitrogens is 1. The molecular formula is C23H25Cl2N3O5. The summed E-state index contributed by atoms with van der Waals surface area (Å²) in [6.07, 6.45) is -0.498. The highest BCUT2D eigenvalue weighted by Crippen LogP contribution is 2.40. The van der Waals surface area contributed by atoms with Gasteiger partial charge in [0.2, 0.25) is 0 Å². The Morgan fingerprint density at radius 3 is 2.48 bits per heavy atom. The minimum atomic E-state index is -1.21. The second-order valence-electron chi connectivity index (χ2n) is 8.83. The van der Waals surface area contributed by atoms with Gasteiger partial charge in [-0.3, -0.25) is 9.78 Å². The number of carbonyl (C=O) groups is 3. The molecule has 1 aromatic carbocycles. The van der Waals surface area contributed by atoms with Gasteiger partial charge in [-0.1, -0.05) is 29.3 Å². The molecule has 0 saturated carbocycles. The number of amides is 2. The molecule has 1 N–H and O–H groups in total. The van der Waals surface area contributed by atoms with Gasteiger partial charge in [0.25, 0.3) is 5.91 Å². The quantitative estimate of drug-likeness (QED) is 0.636. The summed E-state index contributed by atoms with van der Waals surface area (Å²) in [5, 5.41) is 10.5.